The van der Waals surface area contributed by atoms with Crippen LogP contribution in [0.3, 0.4) is 0 Å². The van der Waals surface area contributed by atoms with Crippen LogP contribution in [0.2, 0.25) is 0 Å². The standard InChI is InChI=1S/C19H27FN4O4/c1-3-4-8-24-17(21)16(18(25)22-19(24)26)23(9-11-27-2)10-12-28-15-7-5-6-14(20)13-15/h5-7,13H,3-4,8-12,21H2,1-2H3,(H,22,25,26). The van der Waals surface area contributed by atoms with Crippen molar-refractivity contribution in [1.82, 2.24) is 9.55 Å². The van der Waals surface area contributed by atoms with Gasteiger partial charge in [-0.2, -0.15) is 0 Å². The summed E-state index contributed by atoms with van der Waals surface area (Å²) in [6.07, 6.45) is 1.64. The van der Waals surface area contributed by atoms with Crippen LogP contribution in [0.25, 0.3) is 0 Å². The van der Waals surface area contributed by atoms with E-state index in [2.05, 4.69) is 4.98 Å². The summed E-state index contributed by atoms with van der Waals surface area (Å²) < 4.78 is 25.3. The van der Waals surface area contributed by atoms with Crippen LogP contribution < -0.4 is 26.6 Å². The number of aromatic amines is 1. The van der Waals surface area contributed by atoms with Crippen molar-refractivity contribution >= 4 is 11.5 Å². The summed E-state index contributed by atoms with van der Waals surface area (Å²) in [5, 5.41) is 0. The molecule has 0 radical (unpaired) electrons. The average Bonchev–Trinajstić information content (AvgIpc) is 2.65. The van der Waals surface area contributed by atoms with E-state index in [-0.39, 0.29) is 18.1 Å². The zero-order valence-corrected chi connectivity index (χ0v) is 16.2. The van der Waals surface area contributed by atoms with E-state index in [9.17, 15) is 14.0 Å². The van der Waals surface area contributed by atoms with Gasteiger partial charge < -0.3 is 20.1 Å². The number of methoxy groups -OCH3 is 1. The van der Waals surface area contributed by atoms with Gasteiger partial charge in [-0.3, -0.25) is 14.3 Å². The molecule has 8 nitrogen and oxygen atoms in total. The fourth-order valence-corrected chi connectivity index (χ4v) is 2.79. The van der Waals surface area contributed by atoms with Crippen molar-refractivity contribution in [3.63, 3.8) is 0 Å². The molecule has 0 aliphatic carbocycles. The van der Waals surface area contributed by atoms with E-state index < -0.39 is 17.1 Å². The van der Waals surface area contributed by atoms with Crippen LogP contribution in [-0.2, 0) is 11.3 Å². The average molecular weight is 394 g/mol. The maximum absolute atomic E-state index is 13.3. The van der Waals surface area contributed by atoms with Crippen LogP contribution in [0.4, 0.5) is 15.9 Å². The smallest absolute Gasteiger partial charge is 0.330 e. The van der Waals surface area contributed by atoms with Gasteiger partial charge in [0.25, 0.3) is 5.56 Å². The Labute approximate surface area is 162 Å². The predicted octanol–water partition coefficient (Wildman–Crippen LogP) is 1.59. The van der Waals surface area contributed by atoms with Crippen LogP contribution in [0.1, 0.15) is 19.8 Å². The Morgan fingerprint density at radius 1 is 1.25 bits per heavy atom. The van der Waals surface area contributed by atoms with Crippen LogP contribution >= 0.6 is 0 Å². The Bertz CT molecular complexity index is 881. The van der Waals surface area contributed by atoms with Gasteiger partial charge in [0.1, 0.15) is 29.7 Å². The van der Waals surface area contributed by atoms with Gasteiger partial charge in [-0.25, -0.2) is 9.18 Å². The summed E-state index contributed by atoms with van der Waals surface area (Å²) in [6.45, 7) is 3.65. The van der Waals surface area contributed by atoms with Crippen molar-refractivity contribution in [3.8, 4) is 5.75 Å². The highest BCUT2D eigenvalue weighted by Gasteiger charge is 2.18. The maximum atomic E-state index is 13.3. The van der Waals surface area contributed by atoms with Gasteiger partial charge in [-0.15, -0.1) is 0 Å². The number of aromatic nitrogens is 2. The predicted molar refractivity (Wildman–Crippen MR) is 107 cm³/mol. The minimum Gasteiger partial charge on any atom is -0.492 e. The van der Waals surface area contributed by atoms with E-state index in [0.29, 0.717) is 32.0 Å². The minimum atomic E-state index is -0.558. The SMILES string of the molecule is CCCCn1c(N)c(N(CCOC)CCOc2cccc(F)c2)c(=O)[nH]c1=O. The normalized spacial score (nSPS) is 10.8. The third kappa shape index (κ3) is 5.59. The van der Waals surface area contributed by atoms with E-state index in [1.165, 1.54) is 16.7 Å². The first-order chi connectivity index (χ1) is 13.5. The van der Waals surface area contributed by atoms with E-state index in [1.807, 2.05) is 6.92 Å². The molecule has 1 aromatic heterocycles. The highest BCUT2D eigenvalue weighted by atomic mass is 19.1. The highest BCUT2D eigenvalue weighted by molar-refractivity contribution is 5.62. The molecule has 2 aromatic rings. The molecule has 0 fully saturated rings. The molecule has 2 rings (SSSR count). The van der Waals surface area contributed by atoms with Gasteiger partial charge in [-0.05, 0) is 18.6 Å². The quantitative estimate of drug-likeness (QED) is 0.600. The Hall–Kier alpha value is -2.81. The first-order valence-electron chi connectivity index (χ1n) is 9.22. The van der Waals surface area contributed by atoms with Crippen LogP contribution in [0.15, 0.2) is 33.9 Å². The first-order valence-corrected chi connectivity index (χ1v) is 9.22. The molecule has 0 spiro atoms. The molecule has 0 saturated heterocycles. The van der Waals surface area contributed by atoms with Crippen LogP contribution in [-0.4, -0.2) is 43.0 Å². The summed E-state index contributed by atoms with van der Waals surface area (Å²) in [6, 6.07) is 5.82. The lowest BCUT2D eigenvalue weighted by Crippen LogP contribution is -2.41. The minimum absolute atomic E-state index is 0.115. The fraction of sp³-hybridized carbons (Fsp3) is 0.474. The number of hydrogen-bond donors (Lipinski definition) is 2. The number of rotatable bonds is 11. The molecule has 154 valence electrons. The molecule has 0 aliphatic heterocycles. The molecular formula is C19H27FN4O4. The Balaban J connectivity index is 2.23. The molecule has 9 heteroatoms. The summed E-state index contributed by atoms with van der Waals surface area (Å²) in [7, 11) is 1.55. The molecule has 0 bridgehead atoms. The van der Waals surface area contributed by atoms with Gasteiger partial charge in [-0.1, -0.05) is 19.4 Å². The molecule has 0 unspecified atom stereocenters. The van der Waals surface area contributed by atoms with E-state index >= 15 is 0 Å². The van der Waals surface area contributed by atoms with Gasteiger partial charge in [0.15, 0.2) is 0 Å². The molecular weight excluding hydrogens is 367 g/mol. The van der Waals surface area contributed by atoms with Crippen molar-refractivity contribution < 1.29 is 13.9 Å². The molecule has 3 N–H and O–H groups in total. The number of H-pyrrole nitrogens is 1. The van der Waals surface area contributed by atoms with Gasteiger partial charge in [0.2, 0.25) is 0 Å². The van der Waals surface area contributed by atoms with Crippen molar-refractivity contribution in [3.05, 3.63) is 50.9 Å². The summed E-state index contributed by atoms with van der Waals surface area (Å²) >= 11 is 0. The Kier molecular flexibility index (Phi) is 8.06. The lowest BCUT2D eigenvalue weighted by atomic mass is 10.3. The van der Waals surface area contributed by atoms with Gasteiger partial charge in [0, 0.05) is 26.3 Å². The largest absolute Gasteiger partial charge is 0.492 e. The lowest BCUT2D eigenvalue weighted by molar-refractivity contribution is 0.203. The second-order valence-corrected chi connectivity index (χ2v) is 6.28. The molecule has 0 saturated carbocycles. The molecule has 0 atom stereocenters. The Morgan fingerprint density at radius 3 is 2.68 bits per heavy atom. The van der Waals surface area contributed by atoms with Crippen molar-refractivity contribution in [1.29, 1.82) is 0 Å². The number of anilines is 2. The molecule has 28 heavy (non-hydrogen) atoms. The van der Waals surface area contributed by atoms with Crippen molar-refractivity contribution in [2.24, 2.45) is 0 Å². The zero-order valence-electron chi connectivity index (χ0n) is 16.2. The van der Waals surface area contributed by atoms with Crippen LogP contribution in [0, 0.1) is 5.82 Å². The number of benzene rings is 1. The van der Waals surface area contributed by atoms with Crippen molar-refractivity contribution in [2.75, 3.05) is 44.0 Å². The number of hydrogen-bond acceptors (Lipinski definition) is 6. The van der Waals surface area contributed by atoms with Gasteiger partial charge in [0.05, 0.1) is 13.2 Å². The monoisotopic (exact) mass is 394 g/mol. The number of nitrogens with two attached hydrogens (primary N) is 1. The second-order valence-electron chi connectivity index (χ2n) is 6.28. The van der Waals surface area contributed by atoms with Gasteiger partial charge >= 0.3 is 5.69 Å². The Morgan fingerprint density at radius 2 is 2.00 bits per heavy atom. The molecule has 1 aromatic carbocycles. The van der Waals surface area contributed by atoms with E-state index in [1.54, 1.807) is 24.1 Å². The summed E-state index contributed by atoms with van der Waals surface area (Å²) in [4.78, 5) is 28.6. The lowest BCUT2D eigenvalue weighted by Gasteiger charge is -2.26. The molecule has 0 amide bonds. The van der Waals surface area contributed by atoms with E-state index in [4.69, 9.17) is 15.2 Å². The summed E-state index contributed by atoms with van der Waals surface area (Å²) in [5.74, 6) is 0.114. The number of nitrogen functional groups attached to an aromatic ring is 1. The number of unbranched alkanes of at least 4 members (excludes halogenated alkanes) is 1. The third-order valence-corrected chi connectivity index (χ3v) is 4.26. The summed E-state index contributed by atoms with van der Waals surface area (Å²) in [5.41, 5.74) is 5.29. The third-order valence-electron chi connectivity index (χ3n) is 4.26. The number of halogens is 1. The number of nitrogens with zero attached hydrogens (tertiary/aromatic N) is 2. The molecule has 0 aliphatic rings. The second kappa shape index (κ2) is 10.5. The molecule has 1 heterocycles. The zero-order chi connectivity index (χ0) is 20.5. The number of ether oxygens (including phenoxy) is 2. The number of nitrogens with one attached hydrogen (secondary N) is 1. The maximum Gasteiger partial charge on any atom is 0.330 e. The van der Waals surface area contributed by atoms with Crippen molar-refractivity contribution in [2.45, 2.75) is 26.3 Å². The van der Waals surface area contributed by atoms with Crippen LogP contribution in [0.5, 0.6) is 5.75 Å². The highest BCUT2D eigenvalue weighted by Crippen LogP contribution is 2.17. The topological polar surface area (TPSA) is 103 Å². The fourth-order valence-electron chi connectivity index (χ4n) is 2.79. The first kappa shape index (κ1) is 21.5. The van der Waals surface area contributed by atoms with E-state index in [0.717, 1.165) is 12.8 Å².